The maximum Gasteiger partial charge on any atom is 0.278 e. The van der Waals surface area contributed by atoms with E-state index in [1.807, 2.05) is 30.3 Å². The highest BCUT2D eigenvalue weighted by molar-refractivity contribution is 7.98. The molecule has 3 aromatic carbocycles. The molecule has 0 aliphatic rings. The molecule has 32 heavy (non-hydrogen) atoms. The lowest BCUT2D eigenvalue weighted by Crippen LogP contribution is -2.23. The van der Waals surface area contributed by atoms with Crippen LogP contribution in [0.1, 0.15) is 0 Å². The molecule has 0 bridgehead atoms. The Balaban J connectivity index is 1.57. The number of halogens is 2. The fourth-order valence-electron chi connectivity index (χ4n) is 3.24. The van der Waals surface area contributed by atoms with Gasteiger partial charge in [0.05, 0.1) is 17.0 Å². The lowest BCUT2D eigenvalue weighted by Gasteiger charge is -2.11. The van der Waals surface area contributed by atoms with Gasteiger partial charge in [0, 0.05) is 11.6 Å². The molecular weight excluding hydrogens is 434 g/mol. The Kier molecular flexibility index (Phi) is 5.20. The third kappa shape index (κ3) is 3.65. The van der Waals surface area contributed by atoms with Crippen LogP contribution in [-0.4, -0.2) is 29.8 Å². The SMILES string of the molecule is O=c1c2ccccc2nnn1CSc1nnc(-c2ccccc2)n1-c1ccc(F)cc1F. The van der Waals surface area contributed by atoms with Gasteiger partial charge in [-0.25, -0.2) is 8.78 Å². The Morgan fingerprint density at radius 2 is 1.66 bits per heavy atom. The van der Waals surface area contributed by atoms with Crippen molar-refractivity contribution < 1.29 is 8.78 Å². The fraction of sp³-hybridized carbons (Fsp3) is 0.0455. The Morgan fingerprint density at radius 1 is 0.875 bits per heavy atom. The smallest absolute Gasteiger partial charge is 0.267 e. The minimum absolute atomic E-state index is 0.0758. The first-order chi connectivity index (χ1) is 15.6. The van der Waals surface area contributed by atoms with Crippen molar-refractivity contribution in [3.8, 4) is 17.1 Å². The molecule has 0 unspecified atom stereocenters. The van der Waals surface area contributed by atoms with Crippen LogP contribution < -0.4 is 5.56 Å². The Morgan fingerprint density at radius 3 is 2.47 bits per heavy atom. The van der Waals surface area contributed by atoms with E-state index in [1.165, 1.54) is 21.4 Å². The molecule has 0 atom stereocenters. The van der Waals surface area contributed by atoms with E-state index in [0.29, 0.717) is 27.4 Å². The zero-order chi connectivity index (χ0) is 22.1. The third-order valence-corrected chi connectivity index (χ3v) is 5.66. The summed E-state index contributed by atoms with van der Waals surface area (Å²) in [5, 5.41) is 17.2. The highest BCUT2D eigenvalue weighted by Gasteiger charge is 2.19. The van der Waals surface area contributed by atoms with Crippen LogP contribution in [0.15, 0.2) is 82.7 Å². The molecule has 0 aliphatic carbocycles. The lowest BCUT2D eigenvalue weighted by atomic mass is 10.2. The maximum absolute atomic E-state index is 14.7. The first-order valence-electron chi connectivity index (χ1n) is 9.53. The van der Waals surface area contributed by atoms with Gasteiger partial charge in [0.2, 0.25) is 0 Å². The van der Waals surface area contributed by atoms with Crippen molar-refractivity contribution in [3.05, 3.63) is 94.8 Å². The van der Waals surface area contributed by atoms with Crippen molar-refractivity contribution in [2.24, 2.45) is 0 Å². The van der Waals surface area contributed by atoms with E-state index in [-0.39, 0.29) is 17.1 Å². The van der Waals surface area contributed by atoms with Gasteiger partial charge in [-0.2, -0.15) is 4.68 Å². The monoisotopic (exact) mass is 448 g/mol. The molecule has 2 aromatic heterocycles. The van der Waals surface area contributed by atoms with E-state index in [4.69, 9.17) is 0 Å². The number of aromatic nitrogens is 6. The second-order valence-corrected chi connectivity index (χ2v) is 7.70. The topological polar surface area (TPSA) is 78.5 Å². The summed E-state index contributed by atoms with van der Waals surface area (Å²) in [5.74, 6) is -0.985. The summed E-state index contributed by atoms with van der Waals surface area (Å²) in [6.45, 7) is 0. The number of fused-ring (bicyclic) bond motifs is 1. The summed E-state index contributed by atoms with van der Waals surface area (Å²) in [4.78, 5) is 12.7. The molecule has 0 saturated carbocycles. The van der Waals surface area contributed by atoms with Crippen LogP contribution in [0.4, 0.5) is 8.78 Å². The molecule has 158 valence electrons. The van der Waals surface area contributed by atoms with Gasteiger partial charge in [0.1, 0.15) is 17.2 Å². The molecule has 2 heterocycles. The van der Waals surface area contributed by atoms with E-state index in [9.17, 15) is 13.6 Å². The van der Waals surface area contributed by atoms with Crippen molar-refractivity contribution in [2.75, 3.05) is 0 Å². The van der Waals surface area contributed by atoms with Gasteiger partial charge in [0.15, 0.2) is 11.0 Å². The molecule has 0 fully saturated rings. The molecule has 0 N–H and O–H groups in total. The van der Waals surface area contributed by atoms with Crippen LogP contribution in [0, 0.1) is 11.6 Å². The zero-order valence-corrected chi connectivity index (χ0v) is 17.2. The van der Waals surface area contributed by atoms with Gasteiger partial charge >= 0.3 is 0 Å². The van der Waals surface area contributed by atoms with Crippen molar-refractivity contribution in [1.82, 2.24) is 29.8 Å². The molecule has 0 aliphatic heterocycles. The number of hydrogen-bond acceptors (Lipinski definition) is 6. The average Bonchev–Trinajstić information content (AvgIpc) is 3.23. The standard InChI is InChI=1S/C22H14F2N6OS/c23-15-10-11-19(17(24)12-15)30-20(14-6-2-1-3-7-14)26-27-22(30)32-13-29-21(31)16-8-4-5-9-18(16)25-28-29/h1-12H,13H2. The molecule has 5 rings (SSSR count). The van der Waals surface area contributed by atoms with Gasteiger partial charge in [0.25, 0.3) is 5.56 Å². The normalized spacial score (nSPS) is 11.2. The summed E-state index contributed by atoms with van der Waals surface area (Å²) in [6, 6.07) is 19.3. The van der Waals surface area contributed by atoms with Gasteiger partial charge in [-0.3, -0.25) is 9.36 Å². The van der Waals surface area contributed by atoms with Crippen LogP contribution in [0.5, 0.6) is 0 Å². The van der Waals surface area contributed by atoms with E-state index in [1.54, 1.807) is 24.3 Å². The van der Waals surface area contributed by atoms with E-state index in [2.05, 4.69) is 20.5 Å². The maximum atomic E-state index is 14.7. The van der Waals surface area contributed by atoms with E-state index in [0.717, 1.165) is 17.8 Å². The van der Waals surface area contributed by atoms with Crippen LogP contribution in [0.2, 0.25) is 0 Å². The molecule has 0 amide bonds. The van der Waals surface area contributed by atoms with Crippen molar-refractivity contribution in [1.29, 1.82) is 0 Å². The molecular formula is C22H14F2N6OS. The second kappa shape index (κ2) is 8.31. The van der Waals surface area contributed by atoms with Gasteiger partial charge in [-0.1, -0.05) is 59.4 Å². The summed E-state index contributed by atoms with van der Waals surface area (Å²) < 4.78 is 30.9. The fourth-order valence-corrected chi connectivity index (χ4v) is 4.06. The number of rotatable bonds is 5. The number of thioether (sulfide) groups is 1. The molecule has 0 radical (unpaired) electrons. The second-order valence-electron chi connectivity index (χ2n) is 6.79. The molecule has 0 spiro atoms. The van der Waals surface area contributed by atoms with Gasteiger partial charge < -0.3 is 0 Å². The van der Waals surface area contributed by atoms with Crippen molar-refractivity contribution in [3.63, 3.8) is 0 Å². The van der Waals surface area contributed by atoms with Crippen LogP contribution in [0.3, 0.4) is 0 Å². The number of hydrogen-bond donors (Lipinski definition) is 0. The predicted octanol–water partition coefficient (Wildman–Crippen LogP) is 4.07. The third-order valence-electron chi connectivity index (χ3n) is 4.76. The lowest BCUT2D eigenvalue weighted by molar-refractivity contribution is 0.575. The zero-order valence-electron chi connectivity index (χ0n) is 16.4. The number of benzene rings is 3. The highest BCUT2D eigenvalue weighted by Crippen LogP contribution is 2.29. The van der Waals surface area contributed by atoms with Crippen molar-refractivity contribution >= 4 is 22.7 Å². The summed E-state index contributed by atoms with van der Waals surface area (Å²) in [6.07, 6.45) is 0. The Bertz CT molecular complexity index is 1490. The molecule has 10 heteroatoms. The van der Waals surface area contributed by atoms with E-state index < -0.39 is 11.6 Å². The molecule has 5 aromatic rings. The summed E-state index contributed by atoms with van der Waals surface area (Å²) in [5.41, 5.74) is 1.00. The average molecular weight is 448 g/mol. The minimum atomic E-state index is -0.758. The quantitative estimate of drug-likeness (QED) is 0.377. The largest absolute Gasteiger partial charge is 0.278 e. The van der Waals surface area contributed by atoms with Gasteiger partial charge in [-0.05, 0) is 24.3 Å². The number of nitrogens with zero attached hydrogens (tertiary/aromatic N) is 6. The summed E-state index contributed by atoms with van der Waals surface area (Å²) >= 11 is 1.14. The first-order valence-corrected chi connectivity index (χ1v) is 10.5. The van der Waals surface area contributed by atoms with Gasteiger partial charge in [-0.15, -0.1) is 15.3 Å². The van der Waals surface area contributed by atoms with Crippen LogP contribution >= 0.6 is 11.8 Å². The molecule has 7 nitrogen and oxygen atoms in total. The first kappa shape index (κ1) is 20.0. The molecule has 0 saturated heterocycles. The Labute approximate surface area is 184 Å². The minimum Gasteiger partial charge on any atom is -0.267 e. The Hall–Kier alpha value is -3.92. The van der Waals surface area contributed by atoms with E-state index >= 15 is 0 Å². The predicted molar refractivity (Wildman–Crippen MR) is 116 cm³/mol. The van der Waals surface area contributed by atoms with Crippen molar-refractivity contribution in [2.45, 2.75) is 11.0 Å². The van der Waals surface area contributed by atoms with Crippen LogP contribution in [0.25, 0.3) is 28.0 Å². The van der Waals surface area contributed by atoms with Crippen LogP contribution in [-0.2, 0) is 5.88 Å². The summed E-state index contributed by atoms with van der Waals surface area (Å²) in [7, 11) is 0. The highest BCUT2D eigenvalue weighted by atomic mass is 32.2.